The van der Waals surface area contributed by atoms with Gasteiger partial charge in [-0.2, -0.15) is 0 Å². The van der Waals surface area contributed by atoms with Crippen molar-refractivity contribution in [2.75, 3.05) is 13.2 Å². The molecule has 8 heteroatoms. The number of aryl methyl sites for hydroxylation is 2. The molecule has 1 N–H and O–H groups in total. The first-order chi connectivity index (χ1) is 10.1. The number of hydrogen-bond donors (Lipinski definition) is 1. The van der Waals surface area contributed by atoms with Gasteiger partial charge in [-0.3, -0.25) is 4.79 Å². The van der Waals surface area contributed by atoms with Crippen molar-refractivity contribution in [3.8, 4) is 0 Å². The van der Waals surface area contributed by atoms with Crippen LogP contribution in [0.2, 0.25) is 5.15 Å². The van der Waals surface area contributed by atoms with E-state index in [9.17, 15) is 4.79 Å². The maximum Gasteiger partial charge on any atom is 0.223 e. The van der Waals surface area contributed by atoms with Gasteiger partial charge < -0.3 is 19.1 Å². The van der Waals surface area contributed by atoms with Crippen molar-refractivity contribution in [3.63, 3.8) is 0 Å². The number of halogens is 1. The molecule has 0 fully saturated rings. The quantitative estimate of drug-likeness (QED) is 0.825. The van der Waals surface area contributed by atoms with Crippen LogP contribution in [-0.4, -0.2) is 43.8 Å². The average molecular weight is 313 g/mol. The van der Waals surface area contributed by atoms with Gasteiger partial charge in [-0.05, 0) is 0 Å². The Morgan fingerprint density at radius 1 is 1.57 bits per heavy atom. The molecule has 0 saturated carbocycles. The Bertz CT molecular complexity index is 596. The van der Waals surface area contributed by atoms with E-state index in [1.54, 1.807) is 23.5 Å². The number of aliphatic hydroxyl groups is 1. The Labute approximate surface area is 127 Å². The zero-order valence-corrected chi connectivity index (χ0v) is 12.5. The molecular formula is C13H17ClN4O3. The lowest BCUT2D eigenvalue weighted by molar-refractivity contribution is -0.132. The van der Waals surface area contributed by atoms with E-state index >= 15 is 0 Å². The fourth-order valence-corrected chi connectivity index (χ4v) is 2.10. The number of nitrogens with zero attached hydrogens (tertiary/aromatic N) is 4. The van der Waals surface area contributed by atoms with Gasteiger partial charge in [-0.25, -0.2) is 4.98 Å². The minimum absolute atomic E-state index is 0.0715. The van der Waals surface area contributed by atoms with E-state index < -0.39 is 0 Å². The summed E-state index contributed by atoms with van der Waals surface area (Å²) in [7, 11) is 1.86. The first-order valence-corrected chi connectivity index (χ1v) is 6.93. The summed E-state index contributed by atoms with van der Waals surface area (Å²) in [6.45, 7) is 0.603. The maximum atomic E-state index is 12.2. The number of amides is 1. The van der Waals surface area contributed by atoms with Crippen LogP contribution in [0.1, 0.15) is 17.9 Å². The first kappa shape index (κ1) is 15.5. The van der Waals surface area contributed by atoms with Gasteiger partial charge in [-0.15, -0.1) is 0 Å². The van der Waals surface area contributed by atoms with Gasteiger partial charge in [-0.1, -0.05) is 16.8 Å². The Hall–Kier alpha value is -1.86. The zero-order valence-electron chi connectivity index (χ0n) is 11.7. The Kier molecular flexibility index (Phi) is 5.35. The number of hydrogen-bond acceptors (Lipinski definition) is 5. The van der Waals surface area contributed by atoms with Crippen LogP contribution >= 0.6 is 11.6 Å². The minimum Gasteiger partial charge on any atom is -0.395 e. The molecule has 7 nitrogen and oxygen atoms in total. The van der Waals surface area contributed by atoms with Crippen LogP contribution < -0.4 is 0 Å². The number of aromatic nitrogens is 3. The van der Waals surface area contributed by atoms with Crippen LogP contribution in [0.25, 0.3) is 0 Å². The summed E-state index contributed by atoms with van der Waals surface area (Å²) < 4.78 is 6.80. The molecule has 2 heterocycles. The van der Waals surface area contributed by atoms with E-state index in [-0.39, 0.29) is 30.6 Å². The average Bonchev–Trinajstić information content (AvgIpc) is 3.05. The van der Waals surface area contributed by atoms with Gasteiger partial charge in [0.05, 0.1) is 25.2 Å². The molecule has 2 rings (SSSR count). The highest BCUT2D eigenvalue weighted by atomic mass is 35.5. The van der Waals surface area contributed by atoms with Gasteiger partial charge in [0.15, 0.2) is 5.15 Å². The molecule has 0 aliphatic carbocycles. The summed E-state index contributed by atoms with van der Waals surface area (Å²) >= 11 is 5.66. The smallest absolute Gasteiger partial charge is 0.223 e. The molecule has 0 aliphatic rings. The summed E-state index contributed by atoms with van der Waals surface area (Å²) in [6, 6.07) is 1.59. The largest absolute Gasteiger partial charge is 0.395 e. The normalized spacial score (nSPS) is 10.8. The molecular weight excluding hydrogens is 296 g/mol. The molecule has 0 radical (unpaired) electrons. The number of imidazole rings is 1. The third-order valence-corrected chi connectivity index (χ3v) is 3.29. The Morgan fingerprint density at radius 2 is 2.38 bits per heavy atom. The Balaban J connectivity index is 1.93. The van der Waals surface area contributed by atoms with E-state index in [0.29, 0.717) is 18.7 Å². The monoisotopic (exact) mass is 312 g/mol. The molecule has 0 aromatic carbocycles. The van der Waals surface area contributed by atoms with E-state index in [1.165, 1.54) is 0 Å². The zero-order chi connectivity index (χ0) is 15.2. The molecule has 0 spiro atoms. The molecule has 114 valence electrons. The molecule has 0 unspecified atom stereocenters. The highest BCUT2D eigenvalue weighted by Crippen LogP contribution is 2.12. The second-order valence-corrected chi connectivity index (χ2v) is 5.04. The second-order valence-electron chi connectivity index (χ2n) is 4.65. The molecule has 2 aromatic heterocycles. The van der Waals surface area contributed by atoms with Crippen molar-refractivity contribution in [2.24, 2.45) is 7.05 Å². The fourth-order valence-electron chi connectivity index (χ4n) is 1.94. The van der Waals surface area contributed by atoms with Crippen molar-refractivity contribution in [1.29, 1.82) is 0 Å². The van der Waals surface area contributed by atoms with Crippen LogP contribution in [0.5, 0.6) is 0 Å². The molecule has 0 aliphatic heterocycles. The summed E-state index contributed by atoms with van der Waals surface area (Å²) in [4.78, 5) is 17.8. The summed E-state index contributed by atoms with van der Waals surface area (Å²) in [5, 5.41) is 12.9. The van der Waals surface area contributed by atoms with Crippen molar-refractivity contribution >= 4 is 17.5 Å². The van der Waals surface area contributed by atoms with Crippen molar-refractivity contribution in [2.45, 2.75) is 19.4 Å². The van der Waals surface area contributed by atoms with Crippen LogP contribution in [-0.2, 0) is 24.8 Å². The standard InChI is InChI=1S/C13H17ClN4O3/c1-17-9-15-7-10(17)8-18(4-5-19)13(20)3-2-11-6-12(14)16-21-11/h6-7,9,19H,2-5,8H2,1H3. The number of carbonyl (C=O) groups is 1. The number of carbonyl (C=O) groups excluding carboxylic acids is 1. The highest BCUT2D eigenvalue weighted by Gasteiger charge is 2.16. The lowest BCUT2D eigenvalue weighted by atomic mass is 10.2. The van der Waals surface area contributed by atoms with Crippen LogP contribution in [0.3, 0.4) is 0 Å². The molecule has 0 atom stereocenters. The third kappa shape index (κ3) is 4.30. The van der Waals surface area contributed by atoms with Crippen molar-refractivity contribution < 1.29 is 14.4 Å². The summed E-state index contributed by atoms with van der Waals surface area (Å²) in [6.07, 6.45) is 4.07. The third-order valence-electron chi connectivity index (χ3n) is 3.11. The fraction of sp³-hybridized carbons (Fsp3) is 0.462. The number of aliphatic hydroxyl groups excluding tert-OH is 1. The minimum atomic E-state index is -0.0856. The molecule has 2 aromatic rings. The summed E-state index contributed by atoms with van der Waals surface area (Å²) in [5.74, 6) is 0.496. The van der Waals surface area contributed by atoms with Crippen molar-refractivity contribution in [3.05, 3.63) is 35.2 Å². The van der Waals surface area contributed by atoms with Gasteiger partial charge in [0.25, 0.3) is 0 Å². The highest BCUT2D eigenvalue weighted by molar-refractivity contribution is 6.29. The van der Waals surface area contributed by atoms with Gasteiger partial charge in [0, 0.05) is 38.7 Å². The molecule has 1 amide bonds. The van der Waals surface area contributed by atoms with Crippen LogP contribution in [0, 0.1) is 0 Å². The van der Waals surface area contributed by atoms with E-state index in [1.807, 2.05) is 11.6 Å². The lowest BCUT2D eigenvalue weighted by Gasteiger charge is -2.21. The van der Waals surface area contributed by atoms with E-state index in [0.717, 1.165) is 5.69 Å². The van der Waals surface area contributed by atoms with Crippen LogP contribution in [0.15, 0.2) is 23.1 Å². The van der Waals surface area contributed by atoms with Gasteiger partial charge >= 0.3 is 0 Å². The predicted octanol–water partition coefficient (Wildman–Crippen LogP) is 1.02. The second kappa shape index (κ2) is 7.24. The molecule has 21 heavy (non-hydrogen) atoms. The first-order valence-electron chi connectivity index (χ1n) is 6.55. The van der Waals surface area contributed by atoms with Gasteiger partial charge in [0.2, 0.25) is 5.91 Å². The molecule has 0 saturated heterocycles. The van der Waals surface area contributed by atoms with Gasteiger partial charge in [0.1, 0.15) is 5.76 Å². The van der Waals surface area contributed by atoms with Crippen LogP contribution in [0.4, 0.5) is 0 Å². The van der Waals surface area contributed by atoms with Crippen molar-refractivity contribution in [1.82, 2.24) is 19.6 Å². The maximum absolute atomic E-state index is 12.2. The Morgan fingerprint density at radius 3 is 2.95 bits per heavy atom. The number of rotatable bonds is 7. The topological polar surface area (TPSA) is 84.4 Å². The van der Waals surface area contributed by atoms with E-state index in [4.69, 9.17) is 21.2 Å². The predicted molar refractivity (Wildman–Crippen MR) is 75.5 cm³/mol. The SMILES string of the molecule is Cn1cncc1CN(CCO)C(=O)CCc1cc(Cl)no1. The lowest BCUT2D eigenvalue weighted by Crippen LogP contribution is -2.33. The summed E-state index contributed by atoms with van der Waals surface area (Å²) in [5.41, 5.74) is 0.902. The van der Waals surface area contributed by atoms with E-state index in [2.05, 4.69) is 10.1 Å². The molecule has 0 bridgehead atoms.